The highest BCUT2D eigenvalue weighted by Crippen LogP contribution is 2.26. The third-order valence-electron chi connectivity index (χ3n) is 4.56. The number of non-ortho nitro benzene ring substituents is 1. The van der Waals surface area contributed by atoms with Crippen LogP contribution in [0.5, 0.6) is 5.75 Å². The number of ether oxygens (including phenoxy) is 1. The van der Waals surface area contributed by atoms with Gasteiger partial charge in [-0.2, -0.15) is 0 Å². The van der Waals surface area contributed by atoms with Crippen molar-refractivity contribution < 1.29 is 19.4 Å². The predicted molar refractivity (Wildman–Crippen MR) is 108 cm³/mol. The molecule has 29 heavy (non-hydrogen) atoms. The SMILES string of the molecule is O=C(Oc1ccc(C(=S)N2CCCCC2)cc1)c1ccc([N+](=O)[O-])cc1[N+](=O)[O-]. The third-order valence-corrected chi connectivity index (χ3v) is 5.06. The van der Waals surface area contributed by atoms with Crippen molar-refractivity contribution in [3.05, 3.63) is 73.8 Å². The van der Waals surface area contributed by atoms with Crippen LogP contribution in [0.3, 0.4) is 0 Å². The lowest BCUT2D eigenvalue weighted by molar-refractivity contribution is -0.394. The number of rotatable bonds is 5. The highest BCUT2D eigenvalue weighted by atomic mass is 32.1. The zero-order chi connectivity index (χ0) is 21.0. The number of hydrogen-bond acceptors (Lipinski definition) is 7. The first-order valence-corrected chi connectivity index (χ1v) is 9.32. The van der Waals surface area contributed by atoms with Crippen molar-refractivity contribution in [2.45, 2.75) is 19.3 Å². The molecule has 3 rings (SSSR count). The first-order chi connectivity index (χ1) is 13.9. The molecule has 0 aromatic heterocycles. The molecule has 9 nitrogen and oxygen atoms in total. The molecule has 1 aliphatic heterocycles. The van der Waals surface area contributed by atoms with Gasteiger partial charge in [-0.3, -0.25) is 20.2 Å². The Labute approximate surface area is 171 Å². The van der Waals surface area contributed by atoms with Gasteiger partial charge in [-0.1, -0.05) is 12.2 Å². The van der Waals surface area contributed by atoms with Crippen molar-refractivity contribution in [3.8, 4) is 5.75 Å². The lowest BCUT2D eigenvalue weighted by atomic mass is 10.1. The second-order valence-corrected chi connectivity index (χ2v) is 6.87. The standard InChI is InChI=1S/C19H17N3O6S/c23-19(16-9-6-14(21(24)25)12-17(16)22(26)27)28-15-7-4-13(5-8-15)18(29)20-10-2-1-3-11-20/h4-9,12H,1-3,10-11H2. The van der Waals surface area contributed by atoms with Gasteiger partial charge in [0.2, 0.25) is 0 Å². The second-order valence-electron chi connectivity index (χ2n) is 6.48. The maximum Gasteiger partial charge on any atom is 0.350 e. The molecule has 0 aliphatic carbocycles. The quantitative estimate of drug-likeness (QED) is 0.237. The van der Waals surface area contributed by atoms with Crippen molar-refractivity contribution in [1.29, 1.82) is 0 Å². The summed E-state index contributed by atoms with van der Waals surface area (Å²) in [7, 11) is 0. The van der Waals surface area contributed by atoms with Gasteiger partial charge in [-0.15, -0.1) is 0 Å². The van der Waals surface area contributed by atoms with Crippen LogP contribution in [0.15, 0.2) is 42.5 Å². The molecule has 0 unspecified atom stereocenters. The van der Waals surface area contributed by atoms with Crippen molar-refractivity contribution in [2.24, 2.45) is 0 Å². The van der Waals surface area contributed by atoms with Crippen LogP contribution in [0.4, 0.5) is 11.4 Å². The highest BCUT2D eigenvalue weighted by Gasteiger charge is 2.25. The Bertz CT molecular complexity index is 970. The Morgan fingerprint density at radius 3 is 2.21 bits per heavy atom. The van der Waals surface area contributed by atoms with Crippen LogP contribution in [0, 0.1) is 20.2 Å². The molecule has 0 N–H and O–H groups in total. The molecule has 0 spiro atoms. The summed E-state index contributed by atoms with van der Waals surface area (Å²) in [4.78, 5) is 35.6. The fourth-order valence-corrected chi connectivity index (χ4v) is 3.38. The molecular weight excluding hydrogens is 398 g/mol. The van der Waals surface area contributed by atoms with Crippen LogP contribution in [0.25, 0.3) is 0 Å². The monoisotopic (exact) mass is 415 g/mol. The summed E-state index contributed by atoms with van der Waals surface area (Å²) < 4.78 is 5.20. The minimum absolute atomic E-state index is 0.188. The largest absolute Gasteiger partial charge is 0.423 e. The van der Waals surface area contributed by atoms with Crippen LogP contribution in [0.1, 0.15) is 35.2 Å². The molecule has 0 saturated carbocycles. The molecule has 2 aromatic carbocycles. The van der Waals surface area contributed by atoms with Gasteiger partial charge in [0.15, 0.2) is 0 Å². The van der Waals surface area contributed by atoms with E-state index in [4.69, 9.17) is 17.0 Å². The van der Waals surface area contributed by atoms with E-state index in [1.54, 1.807) is 24.3 Å². The number of benzene rings is 2. The number of hydrogen-bond donors (Lipinski definition) is 0. The molecular formula is C19H17N3O6S. The normalized spacial score (nSPS) is 13.6. The van der Waals surface area contributed by atoms with Gasteiger partial charge in [-0.05, 0) is 49.6 Å². The summed E-state index contributed by atoms with van der Waals surface area (Å²) in [6.07, 6.45) is 3.40. The van der Waals surface area contributed by atoms with Gasteiger partial charge in [0.05, 0.1) is 15.9 Å². The highest BCUT2D eigenvalue weighted by molar-refractivity contribution is 7.80. The number of esters is 1. The molecule has 1 heterocycles. The van der Waals surface area contributed by atoms with Crippen LogP contribution >= 0.6 is 12.2 Å². The third kappa shape index (κ3) is 4.72. The zero-order valence-corrected chi connectivity index (χ0v) is 16.1. The first-order valence-electron chi connectivity index (χ1n) is 8.91. The van der Waals surface area contributed by atoms with E-state index in [0.29, 0.717) is 0 Å². The van der Waals surface area contributed by atoms with Crippen molar-refractivity contribution in [1.82, 2.24) is 4.90 Å². The van der Waals surface area contributed by atoms with E-state index in [1.165, 1.54) is 6.42 Å². The Morgan fingerprint density at radius 1 is 0.966 bits per heavy atom. The number of carbonyl (C=O) groups is 1. The molecule has 150 valence electrons. The lowest BCUT2D eigenvalue weighted by Crippen LogP contribution is -2.34. The minimum atomic E-state index is -0.974. The molecule has 0 bridgehead atoms. The smallest absolute Gasteiger partial charge is 0.350 e. The maximum atomic E-state index is 12.4. The molecule has 1 saturated heterocycles. The van der Waals surface area contributed by atoms with Gasteiger partial charge >= 0.3 is 5.97 Å². The Morgan fingerprint density at radius 2 is 1.62 bits per heavy atom. The van der Waals surface area contributed by atoms with Gasteiger partial charge < -0.3 is 9.64 Å². The fraction of sp³-hybridized carbons (Fsp3) is 0.263. The Kier molecular flexibility index (Phi) is 6.13. The number of likely N-dealkylation sites (tertiary alicyclic amines) is 1. The first kappa shape index (κ1) is 20.3. The molecule has 0 radical (unpaired) electrons. The van der Waals surface area contributed by atoms with Gasteiger partial charge in [0.1, 0.15) is 16.3 Å². The van der Waals surface area contributed by atoms with Gasteiger partial charge in [0, 0.05) is 24.7 Å². The van der Waals surface area contributed by atoms with Crippen LogP contribution in [0.2, 0.25) is 0 Å². The number of thiocarbonyl (C=S) groups is 1. The molecule has 1 fully saturated rings. The van der Waals surface area contributed by atoms with E-state index < -0.39 is 27.2 Å². The average Bonchev–Trinajstić information content (AvgIpc) is 2.73. The topological polar surface area (TPSA) is 116 Å². The van der Waals surface area contributed by atoms with Crippen LogP contribution < -0.4 is 4.74 Å². The summed E-state index contributed by atoms with van der Waals surface area (Å²) >= 11 is 5.52. The van der Waals surface area contributed by atoms with E-state index in [-0.39, 0.29) is 11.3 Å². The molecule has 10 heteroatoms. The van der Waals surface area contributed by atoms with Gasteiger partial charge in [-0.25, -0.2) is 4.79 Å². The van der Waals surface area contributed by atoms with E-state index in [1.807, 2.05) is 0 Å². The molecule has 0 amide bonds. The summed E-state index contributed by atoms with van der Waals surface area (Å²) in [5.74, 6) is -0.786. The van der Waals surface area contributed by atoms with Crippen LogP contribution in [-0.2, 0) is 0 Å². The lowest BCUT2D eigenvalue weighted by Gasteiger charge is -2.29. The van der Waals surface area contributed by atoms with Crippen molar-refractivity contribution in [2.75, 3.05) is 13.1 Å². The number of nitro groups is 2. The van der Waals surface area contributed by atoms with E-state index in [9.17, 15) is 25.0 Å². The fourth-order valence-electron chi connectivity index (χ4n) is 3.06. The zero-order valence-electron chi connectivity index (χ0n) is 15.3. The van der Waals surface area contributed by atoms with Crippen molar-refractivity contribution >= 4 is 34.6 Å². The molecule has 0 atom stereocenters. The van der Waals surface area contributed by atoms with Gasteiger partial charge in [0.25, 0.3) is 11.4 Å². The average molecular weight is 415 g/mol. The maximum absolute atomic E-state index is 12.4. The van der Waals surface area contributed by atoms with E-state index >= 15 is 0 Å². The number of carbonyl (C=O) groups excluding carboxylic acids is 1. The summed E-state index contributed by atoms with van der Waals surface area (Å²) in [5.41, 5.74) is -0.715. The minimum Gasteiger partial charge on any atom is -0.423 e. The molecule has 2 aromatic rings. The Balaban J connectivity index is 1.75. The summed E-state index contributed by atoms with van der Waals surface area (Å²) in [6, 6.07) is 9.33. The second kappa shape index (κ2) is 8.74. The van der Waals surface area contributed by atoms with Crippen molar-refractivity contribution in [3.63, 3.8) is 0 Å². The number of nitrogens with zero attached hydrogens (tertiary/aromatic N) is 3. The van der Waals surface area contributed by atoms with Crippen LogP contribution in [-0.4, -0.2) is 38.8 Å². The summed E-state index contributed by atoms with van der Waals surface area (Å²) in [5, 5.41) is 22.0. The summed E-state index contributed by atoms with van der Waals surface area (Å²) in [6.45, 7) is 1.83. The number of nitro benzene ring substituents is 2. The predicted octanol–water partition coefficient (Wildman–Crippen LogP) is 3.88. The Hall–Kier alpha value is -3.40. The molecule has 1 aliphatic rings. The van der Waals surface area contributed by atoms with E-state index in [0.717, 1.165) is 54.7 Å². The van der Waals surface area contributed by atoms with E-state index in [2.05, 4.69) is 4.90 Å². The number of piperidine rings is 1.